The van der Waals surface area contributed by atoms with Crippen LogP contribution in [-0.2, 0) is 30.2 Å². The summed E-state index contributed by atoms with van der Waals surface area (Å²) in [4.78, 5) is 25.1. The van der Waals surface area contributed by atoms with Crippen LogP contribution in [0, 0.1) is 11.8 Å². The average Bonchev–Trinajstić information content (AvgIpc) is 3.84. The molecule has 0 saturated heterocycles. The van der Waals surface area contributed by atoms with Crippen LogP contribution in [0.5, 0.6) is 0 Å². The molecule has 5 rings (SSSR count). The van der Waals surface area contributed by atoms with E-state index < -0.39 is 23.8 Å². The first kappa shape index (κ1) is 26.5. The average molecular weight is 542 g/mol. The van der Waals surface area contributed by atoms with Crippen molar-refractivity contribution in [2.45, 2.75) is 63.1 Å². The summed E-state index contributed by atoms with van der Waals surface area (Å²) in [6.45, 7) is 2.36. The number of carbonyl (C=O) groups is 2. The largest absolute Gasteiger partial charge is 0.475 e. The van der Waals surface area contributed by atoms with Crippen LogP contribution in [0.3, 0.4) is 0 Å². The zero-order valence-corrected chi connectivity index (χ0v) is 21.9. The van der Waals surface area contributed by atoms with E-state index in [4.69, 9.17) is 25.8 Å². The molecule has 8 nitrogen and oxygen atoms in total. The number of aliphatic carboxylic acids is 1. The Labute approximate surface area is 226 Å². The second-order valence-corrected chi connectivity index (χ2v) is 10.9. The summed E-state index contributed by atoms with van der Waals surface area (Å²) in [5.41, 5.74) is 2.29. The SMILES string of the molecule is CC(Cc1cccc(C2=COC(C(=O)O)(C(=O)OC(C3CC3)C3CC3)O2)c1)NCC(O)c1cccc(Cl)c1. The van der Waals surface area contributed by atoms with E-state index in [2.05, 4.69) is 5.32 Å². The van der Waals surface area contributed by atoms with Gasteiger partial charge in [0.1, 0.15) is 12.4 Å². The van der Waals surface area contributed by atoms with Crippen LogP contribution in [-0.4, -0.2) is 46.6 Å². The van der Waals surface area contributed by atoms with Crippen molar-refractivity contribution in [3.05, 3.63) is 76.5 Å². The van der Waals surface area contributed by atoms with Crippen molar-refractivity contribution in [1.82, 2.24) is 5.32 Å². The fourth-order valence-electron chi connectivity index (χ4n) is 4.79. The summed E-state index contributed by atoms with van der Waals surface area (Å²) in [6.07, 6.45) is 4.78. The molecule has 0 amide bonds. The lowest BCUT2D eigenvalue weighted by Gasteiger charge is -2.25. The molecule has 2 aromatic carbocycles. The maximum atomic E-state index is 13.0. The molecule has 3 N–H and O–H groups in total. The quantitative estimate of drug-likeness (QED) is 0.267. The highest BCUT2D eigenvalue weighted by atomic mass is 35.5. The van der Waals surface area contributed by atoms with E-state index >= 15 is 0 Å². The number of halogens is 1. The zero-order chi connectivity index (χ0) is 26.9. The maximum Gasteiger partial charge on any atom is 0.452 e. The Morgan fingerprint density at radius 3 is 2.50 bits per heavy atom. The molecule has 3 aliphatic rings. The van der Waals surface area contributed by atoms with Gasteiger partial charge in [-0.3, -0.25) is 0 Å². The van der Waals surface area contributed by atoms with Crippen LogP contribution in [0.4, 0.5) is 0 Å². The second-order valence-electron chi connectivity index (χ2n) is 10.5. The van der Waals surface area contributed by atoms with Gasteiger partial charge < -0.3 is 29.7 Å². The monoisotopic (exact) mass is 541 g/mol. The highest BCUT2D eigenvalue weighted by Gasteiger charge is 2.59. The first-order valence-corrected chi connectivity index (χ1v) is 13.4. The van der Waals surface area contributed by atoms with Gasteiger partial charge in [-0.1, -0.05) is 41.9 Å². The van der Waals surface area contributed by atoms with Crippen LogP contribution >= 0.6 is 11.6 Å². The molecule has 202 valence electrons. The number of aliphatic hydroxyl groups excluding tert-OH is 1. The van der Waals surface area contributed by atoms with Gasteiger partial charge in [0, 0.05) is 23.2 Å². The second kappa shape index (κ2) is 11.0. The molecule has 9 heteroatoms. The Hall–Kier alpha value is -3.07. The lowest BCUT2D eigenvalue weighted by Crippen LogP contribution is -2.50. The minimum absolute atomic E-state index is 0.0312. The molecule has 1 aliphatic heterocycles. The third-order valence-electron chi connectivity index (χ3n) is 7.20. The van der Waals surface area contributed by atoms with Crippen LogP contribution in [0.2, 0.25) is 5.02 Å². The van der Waals surface area contributed by atoms with E-state index in [0.29, 0.717) is 35.4 Å². The Morgan fingerprint density at radius 1 is 1.13 bits per heavy atom. The van der Waals surface area contributed by atoms with E-state index in [-0.39, 0.29) is 17.9 Å². The standard InChI is InChI=1S/C29H32ClNO7/c1-17(31-15-24(32)21-5-3-7-23(30)14-21)12-18-4-2-6-22(13-18)25-16-36-29(38-25,27(33)34)28(35)37-26(19-8-9-19)20-10-11-20/h2-7,13-14,16-17,19-20,24,26,31-32H,8-12,15H2,1H3,(H,33,34). The topological polar surface area (TPSA) is 114 Å². The molecule has 3 unspecified atom stereocenters. The molecule has 0 bridgehead atoms. The van der Waals surface area contributed by atoms with Gasteiger partial charge in [0.2, 0.25) is 0 Å². The number of carboxylic acid groups (broad SMARTS) is 1. The minimum atomic E-state index is -2.54. The van der Waals surface area contributed by atoms with Crippen molar-refractivity contribution < 1.29 is 34.0 Å². The molecular weight excluding hydrogens is 510 g/mol. The van der Waals surface area contributed by atoms with Gasteiger partial charge in [-0.05, 0) is 80.2 Å². The smallest absolute Gasteiger partial charge is 0.452 e. The van der Waals surface area contributed by atoms with Crippen LogP contribution in [0.1, 0.15) is 55.4 Å². The predicted octanol–water partition coefficient (Wildman–Crippen LogP) is 4.45. The van der Waals surface area contributed by atoms with Crippen molar-refractivity contribution in [2.75, 3.05) is 6.54 Å². The predicted molar refractivity (Wildman–Crippen MR) is 140 cm³/mol. The molecule has 2 fully saturated rings. The Balaban J connectivity index is 1.19. The van der Waals surface area contributed by atoms with Crippen LogP contribution < -0.4 is 5.32 Å². The highest BCUT2D eigenvalue weighted by Crippen LogP contribution is 2.47. The molecule has 2 aliphatic carbocycles. The molecule has 0 aromatic heterocycles. The van der Waals surface area contributed by atoms with Crippen molar-refractivity contribution in [2.24, 2.45) is 11.8 Å². The zero-order valence-electron chi connectivity index (χ0n) is 21.1. The maximum absolute atomic E-state index is 13.0. The molecule has 2 saturated carbocycles. The molecule has 1 heterocycles. The normalized spacial score (nSPS) is 22.3. The van der Waals surface area contributed by atoms with Crippen molar-refractivity contribution in [3.8, 4) is 0 Å². The molecule has 38 heavy (non-hydrogen) atoms. The van der Waals surface area contributed by atoms with Crippen LogP contribution in [0.25, 0.3) is 5.76 Å². The minimum Gasteiger partial charge on any atom is -0.475 e. The fourth-order valence-corrected chi connectivity index (χ4v) is 4.99. The molecule has 0 radical (unpaired) electrons. The van der Waals surface area contributed by atoms with Gasteiger partial charge in [-0.2, -0.15) is 0 Å². The van der Waals surface area contributed by atoms with Crippen LogP contribution in [0.15, 0.2) is 54.8 Å². The molecule has 3 atom stereocenters. The fraction of sp³-hybridized carbons (Fsp3) is 0.448. The van der Waals surface area contributed by atoms with Gasteiger partial charge in [0.15, 0.2) is 5.76 Å². The Bertz CT molecular complexity index is 1210. The van der Waals surface area contributed by atoms with E-state index in [1.165, 1.54) is 6.26 Å². The first-order chi connectivity index (χ1) is 18.2. The van der Waals surface area contributed by atoms with E-state index in [1.807, 2.05) is 31.2 Å². The van der Waals surface area contributed by atoms with Gasteiger partial charge in [0.25, 0.3) is 0 Å². The number of nitrogens with one attached hydrogen (secondary N) is 1. The number of hydrogen-bond donors (Lipinski definition) is 3. The van der Waals surface area contributed by atoms with Crippen molar-refractivity contribution >= 4 is 29.3 Å². The Morgan fingerprint density at radius 2 is 1.84 bits per heavy atom. The lowest BCUT2D eigenvalue weighted by atomic mass is 10.0. The molecular formula is C29H32ClNO7. The third kappa shape index (κ3) is 5.98. The number of carboxylic acids is 1. The van der Waals surface area contributed by atoms with Gasteiger partial charge in [0.05, 0.1) is 6.10 Å². The number of hydrogen-bond acceptors (Lipinski definition) is 7. The number of esters is 1. The van der Waals surface area contributed by atoms with Gasteiger partial charge in [-0.15, -0.1) is 0 Å². The number of rotatable bonds is 12. The van der Waals surface area contributed by atoms with E-state index in [0.717, 1.165) is 36.8 Å². The molecule has 2 aromatic rings. The Kier molecular flexibility index (Phi) is 7.66. The highest BCUT2D eigenvalue weighted by molar-refractivity contribution is 6.30. The summed E-state index contributed by atoms with van der Waals surface area (Å²) in [7, 11) is 0. The summed E-state index contributed by atoms with van der Waals surface area (Å²) in [5, 5.41) is 24.2. The number of ether oxygens (including phenoxy) is 3. The van der Waals surface area contributed by atoms with Gasteiger partial charge in [-0.25, -0.2) is 9.59 Å². The number of aliphatic hydroxyl groups is 1. The third-order valence-corrected chi connectivity index (χ3v) is 7.43. The summed E-state index contributed by atoms with van der Waals surface area (Å²) < 4.78 is 16.7. The number of benzene rings is 2. The summed E-state index contributed by atoms with van der Waals surface area (Å²) in [5.74, 6) is -4.37. The van der Waals surface area contributed by atoms with Crippen molar-refractivity contribution in [3.63, 3.8) is 0 Å². The molecule has 0 spiro atoms. The van der Waals surface area contributed by atoms with Gasteiger partial charge >= 0.3 is 17.7 Å². The van der Waals surface area contributed by atoms with E-state index in [1.54, 1.807) is 24.3 Å². The lowest BCUT2D eigenvalue weighted by molar-refractivity contribution is -0.216. The summed E-state index contributed by atoms with van der Waals surface area (Å²) >= 11 is 6.02. The first-order valence-electron chi connectivity index (χ1n) is 13.0. The van der Waals surface area contributed by atoms with E-state index in [9.17, 15) is 19.8 Å². The van der Waals surface area contributed by atoms with Crippen molar-refractivity contribution in [1.29, 1.82) is 0 Å². The number of carbonyl (C=O) groups excluding carboxylic acids is 1. The summed E-state index contributed by atoms with van der Waals surface area (Å²) in [6, 6.07) is 14.6.